The molecule has 1 aliphatic heterocycles. The van der Waals surface area contributed by atoms with Crippen molar-refractivity contribution >= 4 is 21.6 Å². The Kier molecular flexibility index (Phi) is 6.73. The molecule has 0 bridgehead atoms. The van der Waals surface area contributed by atoms with Crippen molar-refractivity contribution in [1.82, 2.24) is 9.21 Å². The molecule has 0 saturated carbocycles. The van der Waals surface area contributed by atoms with Crippen LogP contribution in [0, 0.1) is 0 Å². The molecular formula is C23H31N3O4S. The molecule has 31 heavy (non-hydrogen) atoms. The minimum atomic E-state index is -3.65. The third kappa shape index (κ3) is 5.26. The topological polar surface area (TPSA) is 78.9 Å². The number of sulfonamides is 1. The van der Waals surface area contributed by atoms with Crippen molar-refractivity contribution in [2.75, 3.05) is 45.7 Å². The Morgan fingerprint density at radius 3 is 2.32 bits per heavy atom. The van der Waals surface area contributed by atoms with Crippen LogP contribution in [0.3, 0.4) is 0 Å². The van der Waals surface area contributed by atoms with Gasteiger partial charge in [0, 0.05) is 31.7 Å². The lowest BCUT2D eigenvalue weighted by Crippen LogP contribution is -2.47. The molecule has 0 atom stereocenters. The largest absolute Gasteiger partial charge is 0.495 e. The smallest absolute Gasteiger partial charge is 0.255 e. The van der Waals surface area contributed by atoms with Crippen molar-refractivity contribution in [2.45, 2.75) is 31.1 Å². The van der Waals surface area contributed by atoms with E-state index in [0.717, 1.165) is 5.56 Å². The average molecular weight is 446 g/mol. The van der Waals surface area contributed by atoms with E-state index in [9.17, 15) is 13.2 Å². The number of hydrogen-bond acceptors (Lipinski definition) is 5. The van der Waals surface area contributed by atoms with Gasteiger partial charge in [0.2, 0.25) is 10.0 Å². The van der Waals surface area contributed by atoms with Gasteiger partial charge < -0.3 is 15.0 Å². The number of rotatable bonds is 5. The Labute approximate surface area is 185 Å². The molecule has 1 aliphatic rings. The van der Waals surface area contributed by atoms with Gasteiger partial charge in [-0.15, -0.1) is 0 Å². The molecule has 8 heteroatoms. The van der Waals surface area contributed by atoms with Crippen LogP contribution in [0.2, 0.25) is 0 Å². The fourth-order valence-corrected chi connectivity index (χ4v) is 4.91. The molecule has 0 aromatic heterocycles. The molecule has 1 amide bonds. The quantitative estimate of drug-likeness (QED) is 0.765. The average Bonchev–Trinajstić information content (AvgIpc) is 2.73. The molecule has 0 radical (unpaired) electrons. The van der Waals surface area contributed by atoms with Crippen LogP contribution in [0.4, 0.5) is 5.69 Å². The van der Waals surface area contributed by atoms with Gasteiger partial charge in [0.05, 0.1) is 17.7 Å². The van der Waals surface area contributed by atoms with Crippen molar-refractivity contribution in [1.29, 1.82) is 0 Å². The van der Waals surface area contributed by atoms with E-state index in [1.54, 1.807) is 19.2 Å². The third-order valence-corrected chi connectivity index (χ3v) is 7.40. The van der Waals surface area contributed by atoms with Gasteiger partial charge in [0.15, 0.2) is 0 Å². The first-order chi connectivity index (χ1) is 14.5. The number of benzene rings is 2. The summed E-state index contributed by atoms with van der Waals surface area (Å²) in [7, 11) is -0.135. The standard InChI is InChI=1S/C23H31N3O4S/c1-23(2,3)18-9-10-21(30-5)20(16-18)24-22(27)17-7-6-8-19(15-17)31(28,29)26-13-11-25(4)12-14-26/h6-10,15-16H,11-14H2,1-5H3,(H,24,27). The molecule has 1 N–H and O–H groups in total. The highest BCUT2D eigenvalue weighted by Gasteiger charge is 2.28. The van der Waals surface area contributed by atoms with Gasteiger partial charge in [-0.3, -0.25) is 4.79 Å². The zero-order valence-electron chi connectivity index (χ0n) is 18.8. The number of amides is 1. The zero-order chi connectivity index (χ0) is 22.8. The summed E-state index contributed by atoms with van der Waals surface area (Å²) in [6.45, 7) is 8.51. The second kappa shape index (κ2) is 8.98. The zero-order valence-corrected chi connectivity index (χ0v) is 19.6. The Morgan fingerprint density at radius 2 is 1.71 bits per heavy atom. The van der Waals surface area contributed by atoms with Crippen LogP contribution in [0.5, 0.6) is 5.75 Å². The number of hydrogen-bond donors (Lipinski definition) is 1. The van der Waals surface area contributed by atoms with Crippen molar-refractivity contribution in [2.24, 2.45) is 0 Å². The van der Waals surface area contributed by atoms with Gasteiger partial charge in [-0.05, 0) is 48.4 Å². The highest BCUT2D eigenvalue weighted by Crippen LogP contribution is 2.32. The summed E-state index contributed by atoms with van der Waals surface area (Å²) in [4.78, 5) is 15.2. The summed E-state index contributed by atoms with van der Waals surface area (Å²) in [5.74, 6) is 0.155. The Morgan fingerprint density at radius 1 is 1.03 bits per heavy atom. The van der Waals surface area contributed by atoms with Crippen LogP contribution < -0.4 is 10.1 Å². The molecule has 1 heterocycles. The summed E-state index contributed by atoms with van der Waals surface area (Å²) in [6.07, 6.45) is 0. The lowest BCUT2D eigenvalue weighted by molar-refractivity contribution is 0.102. The normalized spacial score (nSPS) is 16.2. The molecule has 1 saturated heterocycles. The number of anilines is 1. The number of carbonyl (C=O) groups excluding carboxylic acids is 1. The number of ether oxygens (including phenoxy) is 1. The number of nitrogens with zero attached hydrogens (tertiary/aromatic N) is 2. The predicted molar refractivity (Wildman–Crippen MR) is 122 cm³/mol. The Hall–Kier alpha value is -2.42. The van der Waals surface area contributed by atoms with Crippen LogP contribution in [0.15, 0.2) is 47.4 Å². The van der Waals surface area contributed by atoms with Crippen molar-refractivity contribution in [3.63, 3.8) is 0 Å². The first kappa shape index (κ1) is 23.2. The summed E-state index contributed by atoms with van der Waals surface area (Å²) in [6, 6.07) is 11.9. The lowest BCUT2D eigenvalue weighted by Gasteiger charge is -2.31. The van der Waals surface area contributed by atoms with Gasteiger partial charge in [-0.2, -0.15) is 4.31 Å². The predicted octanol–water partition coefficient (Wildman–Crippen LogP) is 3.18. The second-order valence-corrected chi connectivity index (χ2v) is 10.8. The van der Waals surface area contributed by atoms with E-state index >= 15 is 0 Å². The first-order valence-electron chi connectivity index (χ1n) is 10.3. The van der Waals surface area contributed by atoms with E-state index < -0.39 is 10.0 Å². The molecule has 3 rings (SSSR count). The Bertz CT molecular complexity index is 1050. The summed E-state index contributed by atoms with van der Waals surface area (Å²) >= 11 is 0. The molecule has 0 unspecified atom stereocenters. The number of carbonyl (C=O) groups is 1. The first-order valence-corrected chi connectivity index (χ1v) is 11.7. The maximum absolute atomic E-state index is 13.0. The van der Waals surface area contributed by atoms with Crippen LogP contribution in [-0.2, 0) is 15.4 Å². The van der Waals surface area contributed by atoms with Gasteiger partial charge in [-0.1, -0.05) is 32.9 Å². The monoisotopic (exact) mass is 445 g/mol. The number of piperazine rings is 1. The molecule has 0 spiro atoms. The highest BCUT2D eigenvalue weighted by atomic mass is 32.2. The van der Waals surface area contributed by atoms with Crippen molar-refractivity contribution in [3.8, 4) is 5.75 Å². The SMILES string of the molecule is COc1ccc(C(C)(C)C)cc1NC(=O)c1cccc(S(=O)(=O)N2CCN(C)CC2)c1. The number of likely N-dealkylation sites (N-methyl/N-ethyl adjacent to an activating group) is 1. The van der Waals surface area contributed by atoms with Crippen LogP contribution in [-0.4, -0.2) is 63.9 Å². The molecule has 2 aromatic rings. The molecular weight excluding hydrogens is 414 g/mol. The lowest BCUT2D eigenvalue weighted by atomic mass is 9.87. The summed E-state index contributed by atoms with van der Waals surface area (Å²) in [5.41, 5.74) is 1.78. The van der Waals surface area contributed by atoms with E-state index in [-0.39, 0.29) is 21.8 Å². The molecule has 1 fully saturated rings. The minimum Gasteiger partial charge on any atom is -0.495 e. The van der Waals surface area contributed by atoms with E-state index in [0.29, 0.717) is 37.6 Å². The molecule has 168 valence electrons. The fourth-order valence-electron chi connectivity index (χ4n) is 3.44. The maximum Gasteiger partial charge on any atom is 0.255 e. The van der Waals surface area contributed by atoms with Gasteiger partial charge >= 0.3 is 0 Å². The molecule has 0 aliphatic carbocycles. The summed E-state index contributed by atoms with van der Waals surface area (Å²) < 4.78 is 32.9. The number of nitrogens with one attached hydrogen (secondary N) is 1. The van der Waals surface area contributed by atoms with E-state index in [1.165, 1.54) is 16.4 Å². The van der Waals surface area contributed by atoms with Gasteiger partial charge in [0.25, 0.3) is 5.91 Å². The van der Waals surface area contributed by atoms with Crippen LogP contribution >= 0.6 is 0 Å². The second-order valence-electron chi connectivity index (χ2n) is 8.85. The maximum atomic E-state index is 13.0. The number of methoxy groups -OCH3 is 1. The van der Waals surface area contributed by atoms with Crippen LogP contribution in [0.25, 0.3) is 0 Å². The van der Waals surface area contributed by atoms with Gasteiger partial charge in [-0.25, -0.2) is 8.42 Å². The third-order valence-electron chi connectivity index (χ3n) is 5.51. The fraction of sp³-hybridized carbons (Fsp3) is 0.435. The summed E-state index contributed by atoms with van der Waals surface area (Å²) in [5, 5.41) is 2.88. The van der Waals surface area contributed by atoms with E-state index in [4.69, 9.17) is 4.74 Å². The van der Waals surface area contributed by atoms with Crippen molar-refractivity contribution < 1.29 is 17.9 Å². The molecule has 7 nitrogen and oxygen atoms in total. The molecule has 2 aromatic carbocycles. The Balaban J connectivity index is 1.86. The van der Waals surface area contributed by atoms with Crippen LogP contribution in [0.1, 0.15) is 36.7 Å². The van der Waals surface area contributed by atoms with Gasteiger partial charge in [0.1, 0.15) is 5.75 Å². The van der Waals surface area contributed by atoms with Crippen molar-refractivity contribution in [3.05, 3.63) is 53.6 Å². The minimum absolute atomic E-state index is 0.0950. The van der Waals surface area contributed by atoms with E-state index in [2.05, 4.69) is 31.0 Å². The van der Waals surface area contributed by atoms with E-state index in [1.807, 2.05) is 25.2 Å². The highest BCUT2D eigenvalue weighted by molar-refractivity contribution is 7.89.